The van der Waals surface area contributed by atoms with Gasteiger partial charge in [-0.15, -0.1) is 5.10 Å². The van der Waals surface area contributed by atoms with E-state index in [9.17, 15) is 13.2 Å². The lowest BCUT2D eigenvalue weighted by Gasteiger charge is -2.52. The summed E-state index contributed by atoms with van der Waals surface area (Å²) in [5.74, 6) is -0.396. The molecule has 0 radical (unpaired) electrons. The summed E-state index contributed by atoms with van der Waals surface area (Å²) in [7, 11) is 1.57. The maximum atomic E-state index is 13.5. The molecule has 2 saturated heterocycles. The van der Waals surface area contributed by atoms with Crippen molar-refractivity contribution in [1.29, 1.82) is 0 Å². The summed E-state index contributed by atoms with van der Waals surface area (Å²) < 4.78 is 47.0. The molecular formula is C30H32F3N7O. The number of methoxy groups -OCH3 is 1. The van der Waals surface area contributed by atoms with Crippen LogP contribution in [0.3, 0.4) is 0 Å². The average molecular weight is 564 g/mol. The molecule has 0 saturated carbocycles. The molecule has 2 atom stereocenters. The highest BCUT2D eigenvalue weighted by Crippen LogP contribution is 2.36. The third-order valence-electron chi connectivity index (χ3n) is 8.06. The highest BCUT2D eigenvalue weighted by molar-refractivity contribution is 5.44. The molecule has 214 valence electrons. The van der Waals surface area contributed by atoms with Crippen molar-refractivity contribution in [2.24, 2.45) is 0 Å². The number of aromatic nitrogens is 4. The number of benzene rings is 3. The van der Waals surface area contributed by atoms with Crippen molar-refractivity contribution in [3.63, 3.8) is 0 Å². The second-order valence-electron chi connectivity index (χ2n) is 10.6. The van der Waals surface area contributed by atoms with Gasteiger partial charge in [-0.2, -0.15) is 17.9 Å². The van der Waals surface area contributed by atoms with E-state index in [1.807, 2.05) is 12.1 Å². The molecule has 2 fully saturated rings. The smallest absolute Gasteiger partial charge is 0.453 e. The van der Waals surface area contributed by atoms with Gasteiger partial charge in [-0.3, -0.25) is 9.80 Å². The molecule has 0 spiro atoms. The molecule has 41 heavy (non-hydrogen) atoms. The van der Waals surface area contributed by atoms with Crippen molar-refractivity contribution in [3.8, 4) is 11.4 Å². The van der Waals surface area contributed by atoms with E-state index in [0.717, 1.165) is 43.0 Å². The molecule has 4 aromatic rings. The second-order valence-corrected chi connectivity index (χ2v) is 10.6. The summed E-state index contributed by atoms with van der Waals surface area (Å²) in [6.45, 7) is 4.89. The van der Waals surface area contributed by atoms with Gasteiger partial charge in [0.2, 0.25) is 0 Å². The zero-order chi connectivity index (χ0) is 28.4. The fourth-order valence-electron chi connectivity index (χ4n) is 6.31. The van der Waals surface area contributed by atoms with Crippen LogP contribution in [0.4, 0.5) is 13.2 Å². The molecule has 8 nitrogen and oxygen atoms in total. The topological polar surface area (TPSA) is 71.3 Å². The number of tetrazole rings is 1. The van der Waals surface area contributed by atoms with Gasteiger partial charge in [-0.05, 0) is 39.8 Å². The van der Waals surface area contributed by atoms with Gasteiger partial charge < -0.3 is 10.1 Å². The highest BCUT2D eigenvalue weighted by atomic mass is 19.4. The van der Waals surface area contributed by atoms with E-state index in [0.29, 0.717) is 18.3 Å². The minimum atomic E-state index is -4.68. The molecule has 0 bridgehead atoms. The predicted octanol–water partition coefficient (Wildman–Crippen LogP) is 3.98. The molecule has 1 N–H and O–H groups in total. The van der Waals surface area contributed by atoms with Crippen LogP contribution < -0.4 is 10.1 Å². The molecule has 0 aliphatic carbocycles. The number of piperazine rings is 2. The summed E-state index contributed by atoms with van der Waals surface area (Å²) in [6.07, 6.45) is -4.68. The number of hydrogen-bond acceptors (Lipinski definition) is 7. The van der Waals surface area contributed by atoms with Gasteiger partial charge in [0.05, 0.1) is 12.8 Å². The number of hydrogen-bond donors (Lipinski definition) is 1. The van der Waals surface area contributed by atoms with Crippen molar-refractivity contribution in [2.75, 3.05) is 39.8 Å². The molecular weight excluding hydrogens is 531 g/mol. The van der Waals surface area contributed by atoms with Gasteiger partial charge in [0.1, 0.15) is 5.75 Å². The standard InChI is InChI=1S/C30H32F3N7O/c1-41-27-13-12-24(40-29(30(31,32)33)35-36-37-40)16-23(27)18-38-19-25-17-34-14-15-39(25)26(20-38)28(21-8-4-2-5-9-21)22-10-6-3-7-11-22/h2-13,16,25-26,28,34H,14-15,17-20H2,1H3. The van der Waals surface area contributed by atoms with Crippen LogP contribution in [0.15, 0.2) is 78.9 Å². The Kier molecular flexibility index (Phi) is 7.74. The number of alkyl halides is 3. The first-order valence-electron chi connectivity index (χ1n) is 13.7. The van der Waals surface area contributed by atoms with Crippen LogP contribution in [0.5, 0.6) is 5.75 Å². The Balaban J connectivity index is 1.35. The van der Waals surface area contributed by atoms with E-state index in [-0.39, 0.29) is 17.6 Å². The van der Waals surface area contributed by atoms with Gasteiger partial charge in [0.25, 0.3) is 5.82 Å². The van der Waals surface area contributed by atoms with Crippen molar-refractivity contribution >= 4 is 0 Å². The van der Waals surface area contributed by atoms with Gasteiger partial charge in [-0.1, -0.05) is 60.7 Å². The maximum Gasteiger partial charge on any atom is 0.453 e. The quantitative estimate of drug-likeness (QED) is 0.365. The van der Waals surface area contributed by atoms with Gasteiger partial charge in [-0.25, -0.2) is 0 Å². The SMILES string of the molecule is COc1ccc(-n2nnnc2C(F)(F)F)cc1CN1CC2CNCCN2C(C(c2ccccc2)c2ccccc2)C1. The number of ether oxygens (including phenoxy) is 1. The first-order valence-corrected chi connectivity index (χ1v) is 13.7. The normalized spacial score (nSPS) is 20.2. The Hall–Kier alpha value is -3.80. The number of fused-ring (bicyclic) bond motifs is 1. The summed E-state index contributed by atoms with van der Waals surface area (Å²) >= 11 is 0. The molecule has 2 aliphatic rings. The zero-order valence-electron chi connectivity index (χ0n) is 22.7. The fourth-order valence-corrected chi connectivity index (χ4v) is 6.31. The minimum absolute atomic E-state index is 0.157. The van der Waals surface area contributed by atoms with Crippen LogP contribution >= 0.6 is 0 Å². The Morgan fingerprint density at radius 1 is 0.976 bits per heavy atom. The van der Waals surface area contributed by atoms with E-state index in [1.54, 1.807) is 25.3 Å². The summed E-state index contributed by atoms with van der Waals surface area (Å²) in [4.78, 5) is 5.03. The number of nitrogens with one attached hydrogen (secondary N) is 1. The van der Waals surface area contributed by atoms with Crippen molar-refractivity contribution < 1.29 is 17.9 Å². The van der Waals surface area contributed by atoms with E-state index in [1.165, 1.54) is 11.1 Å². The Bertz CT molecular complexity index is 1410. The predicted molar refractivity (Wildman–Crippen MR) is 148 cm³/mol. The van der Waals surface area contributed by atoms with Crippen LogP contribution in [0.25, 0.3) is 5.69 Å². The molecule has 2 aliphatic heterocycles. The zero-order valence-corrected chi connectivity index (χ0v) is 22.7. The van der Waals surface area contributed by atoms with Gasteiger partial charge in [0.15, 0.2) is 0 Å². The van der Waals surface area contributed by atoms with Crippen LogP contribution in [0.1, 0.15) is 28.4 Å². The molecule has 3 heterocycles. The molecule has 2 unspecified atom stereocenters. The fraction of sp³-hybridized carbons (Fsp3) is 0.367. The third-order valence-corrected chi connectivity index (χ3v) is 8.06. The highest BCUT2D eigenvalue weighted by Gasteiger charge is 2.41. The maximum absolute atomic E-state index is 13.5. The monoisotopic (exact) mass is 563 g/mol. The van der Waals surface area contributed by atoms with Gasteiger partial charge >= 0.3 is 6.18 Å². The Morgan fingerprint density at radius 2 is 1.68 bits per heavy atom. The minimum Gasteiger partial charge on any atom is -0.496 e. The number of rotatable bonds is 7. The van der Waals surface area contributed by atoms with E-state index in [4.69, 9.17) is 4.74 Å². The summed E-state index contributed by atoms with van der Waals surface area (Å²) in [5, 5.41) is 13.7. The number of halogens is 3. The van der Waals surface area contributed by atoms with Crippen LogP contribution in [-0.2, 0) is 12.7 Å². The van der Waals surface area contributed by atoms with E-state index < -0.39 is 12.0 Å². The molecule has 1 aromatic heterocycles. The summed E-state index contributed by atoms with van der Waals surface area (Å²) in [6, 6.07) is 26.6. The lowest BCUT2D eigenvalue weighted by molar-refractivity contribution is -0.146. The molecule has 6 rings (SSSR count). The summed E-state index contributed by atoms with van der Waals surface area (Å²) in [5.41, 5.74) is 3.54. The van der Waals surface area contributed by atoms with Gasteiger partial charge in [0, 0.05) is 62.8 Å². The Morgan fingerprint density at radius 3 is 2.34 bits per heavy atom. The lowest BCUT2D eigenvalue weighted by atomic mass is 9.81. The lowest BCUT2D eigenvalue weighted by Crippen LogP contribution is -2.66. The second kappa shape index (κ2) is 11.6. The first kappa shape index (κ1) is 27.4. The van der Waals surface area contributed by atoms with Crippen LogP contribution in [0.2, 0.25) is 0 Å². The van der Waals surface area contributed by atoms with E-state index >= 15 is 0 Å². The largest absolute Gasteiger partial charge is 0.496 e. The van der Waals surface area contributed by atoms with Crippen LogP contribution in [0, 0.1) is 0 Å². The van der Waals surface area contributed by atoms with Crippen molar-refractivity contribution in [1.82, 2.24) is 35.3 Å². The Labute approximate surface area is 236 Å². The van der Waals surface area contributed by atoms with E-state index in [2.05, 4.69) is 79.2 Å². The third kappa shape index (κ3) is 5.70. The van der Waals surface area contributed by atoms with Crippen LogP contribution in [-0.4, -0.2) is 81.9 Å². The molecule has 11 heteroatoms. The molecule has 0 amide bonds. The molecule has 3 aromatic carbocycles. The first-order chi connectivity index (χ1) is 19.9. The number of nitrogens with zero attached hydrogens (tertiary/aromatic N) is 6. The van der Waals surface area contributed by atoms with Crippen molar-refractivity contribution in [2.45, 2.75) is 30.7 Å². The average Bonchev–Trinajstić information content (AvgIpc) is 3.50. The van der Waals surface area contributed by atoms with Crippen molar-refractivity contribution in [3.05, 3.63) is 101 Å².